The molecule has 1 aromatic heterocycles. The summed E-state index contributed by atoms with van der Waals surface area (Å²) in [5.74, 6) is -0.541. The molecule has 0 radical (unpaired) electrons. The van der Waals surface area contributed by atoms with Crippen LogP contribution in [0.1, 0.15) is 15.2 Å². The van der Waals surface area contributed by atoms with Crippen molar-refractivity contribution in [1.82, 2.24) is 5.32 Å². The molecule has 0 aliphatic carbocycles. The molecular weight excluding hydrogens is 336 g/mol. The van der Waals surface area contributed by atoms with Gasteiger partial charge in [-0.2, -0.15) is 0 Å². The Bertz CT molecular complexity index is 745. The number of nitrogens with zero attached hydrogens (tertiary/aromatic N) is 1. The van der Waals surface area contributed by atoms with E-state index in [9.17, 15) is 14.9 Å². The fraction of sp³-hybridized carbons (Fsp3) is 0.267. The Hall–Kier alpha value is -2.81. The van der Waals surface area contributed by atoms with Crippen molar-refractivity contribution in [1.29, 1.82) is 0 Å². The van der Waals surface area contributed by atoms with Crippen LogP contribution in [0.5, 0.6) is 17.2 Å². The topological polar surface area (TPSA) is 99.9 Å². The summed E-state index contributed by atoms with van der Waals surface area (Å²) in [5, 5.41) is 16.0. The van der Waals surface area contributed by atoms with E-state index in [4.69, 9.17) is 14.2 Å². The molecule has 8 nitrogen and oxygen atoms in total. The number of nitro benzene ring substituents is 1. The van der Waals surface area contributed by atoms with Crippen LogP contribution in [0, 0.1) is 10.1 Å². The second-order valence-electron chi connectivity index (χ2n) is 4.56. The van der Waals surface area contributed by atoms with E-state index in [2.05, 4.69) is 5.32 Å². The molecule has 0 bridgehead atoms. The fourth-order valence-corrected chi connectivity index (χ4v) is 2.82. The minimum absolute atomic E-state index is 0.0570. The van der Waals surface area contributed by atoms with Gasteiger partial charge in [0.05, 0.1) is 32.8 Å². The number of carbonyl (C=O) groups excluding carboxylic acids is 1. The predicted octanol–water partition coefficient (Wildman–Crippen LogP) is 2.61. The van der Waals surface area contributed by atoms with E-state index in [0.717, 1.165) is 4.88 Å². The minimum Gasteiger partial charge on any atom is -0.493 e. The molecule has 1 aromatic carbocycles. The summed E-state index contributed by atoms with van der Waals surface area (Å²) in [6.45, 7) is 0.268. The Balaban J connectivity index is 2.46. The molecule has 1 heterocycles. The highest BCUT2D eigenvalue weighted by Crippen LogP contribution is 2.46. The molecule has 0 aliphatic rings. The van der Waals surface area contributed by atoms with Crippen LogP contribution >= 0.6 is 11.3 Å². The standard InChI is InChI=1S/C15H16N2O6S/c1-21-11-7-10(15(18)16-8-9-5-4-6-24-9)12(17(19)20)14(23-3)13(11)22-2/h4-7H,8H2,1-3H3,(H,16,18). The highest BCUT2D eigenvalue weighted by molar-refractivity contribution is 7.09. The van der Waals surface area contributed by atoms with E-state index in [1.807, 2.05) is 17.5 Å². The molecule has 0 spiro atoms. The van der Waals surface area contributed by atoms with E-state index in [0.29, 0.717) is 0 Å². The monoisotopic (exact) mass is 352 g/mol. The SMILES string of the molecule is COc1cc(C(=O)NCc2cccs2)c([N+](=O)[O-])c(OC)c1OC. The zero-order valence-corrected chi connectivity index (χ0v) is 14.1. The summed E-state index contributed by atoms with van der Waals surface area (Å²) < 4.78 is 15.4. The average molecular weight is 352 g/mol. The third kappa shape index (κ3) is 3.40. The van der Waals surface area contributed by atoms with Crippen LogP contribution in [0.15, 0.2) is 23.6 Å². The van der Waals surface area contributed by atoms with Crippen molar-refractivity contribution in [3.8, 4) is 17.2 Å². The number of carbonyl (C=O) groups is 1. The summed E-state index contributed by atoms with van der Waals surface area (Å²) in [7, 11) is 3.97. The van der Waals surface area contributed by atoms with Crippen LogP contribution < -0.4 is 19.5 Å². The number of methoxy groups -OCH3 is 3. The van der Waals surface area contributed by atoms with Crippen molar-refractivity contribution in [3.05, 3.63) is 44.1 Å². The number of hydrogen-bond donors (Lipinski definition) is 1. The lowest BCUT2D eigenvalue weighted by atomic mass is 10.1. The second kappa shape index (κ2) is 7.64. The zero-order chi connectivity index (χ0) is 17.7. The molecule has 0 saturated carbocycles. The van der Waals surface area contributed by atoms with E-state index in [1.165, 1.54) is 38.7 Å². The third-order valence-electron chi connectivity index (χ3n) is 3.23. The maximum atomic E-state index is 12.4. The van der Waals surface area contributed by atoms with E-state index < -0.39 is 16.5 Å². The Morgan fingerprint density at radius 2 is 1.96 bits per heavy atom. The summed E-state index contributed by atoms with van der Waals surface area (Å²) in [6, 6.07) is 4.98. The third-order valence-corrected chi connectivity index (χ3v) is 4.11. The molecule has 1 N–H and O–H groups in total. The smallest absolute Gasteiger partial charge is 0.327 e. The molecule has 0 unspecified atom stereocenters. The van der Waals surface area contributed by atoms with Crippen LogP contribution in [0.3, 0.4) is 0 Å². The number of nitro groups is 1. The zero-order valence-electron chi connectivity index (χ0n) is 13.3. The van der Waals surface area contributed by atoms with Crippen molar-refractivity contribution in [2.75, 3.05) is 21.3 Å². The van der Waals surface area contributed by atoms with Gasteiger partial charge < -0.3 is 19.5 Å². The first-order valence-corrected chi connectivity index (χ1v) is 7.69. The molecule has 9 heteroatoms. The van der Waals surface area contributed by atoms with Crippen molar-refractivity contribution < 1.29 is 23.9 Å². The highest BCUT2D eigenvalue weighted by Gasteiger charge is 2.32. The lowest BCUT2D eigenvalue weighted by molar-refractivity contribution is -0.386. The molecule has 0 aliphatic heterocycles. The highest BCUT2D eigenvalue weighted by atomic mass is 32.1. The average Bonchev–Trinajstić information content (AvgIpc) is 3.10. The number of amides is 1. The van der Waals surface area contributed by atoms with E-state index >= 15 is 0 Å². The number of hydrogen-bond acceptors (Lipinski definition) is 7. The normalized spacial score (nSPS) is 10.1. The lowest BCUT2D eigenvalue weighted by Gasteiger charge is -2.14. The van der Waals surface area contributed by atoms with E-state index in [1.54, 1.807) is 0 Å². The van der Waals surface area contributed by atoms with Gasteiger partial charge in [0.1, 0.15) is 5.56 Å². The number of thiophene rings is 1. The van der Waals surface area contributed by atoms with Gasteiger partial charge in [-0.1, -0.05) is 6.07 Å². The molecule has 1 amide bonds. The van der Waals surface area contributed by atoms with Crippen molar-refractivity contribution >= 4 is 22.9 Å². The molecular formula is C15H16N2O6S. The largest absolute Gasteiger partial charge is 0.493 e. The van der Waals surface area contributed by atoms with Crippen LogP contribution in [0.25, 0.3) is 0 Å². The molecule has 2 rings (SSSR count). The molecule has 128 valence electrons. The maximum Gasteiger partial charge on any atom is 0.327 e. The van der Waals surface area contributed by atoms with Crippen LogP contribution in [0.2, 0.25) is 0 Å². The summed E-state index contributed by atoms with van der Waals surface area (Å²) in [5.41, 5.74) is -0.634. The number of nitrogens with one attached hydrogen (secondary N) is 1. The number of ether oxygens (including phenoxy) is 3. The van der Waals surface area contributed by atoms with Crippen LogP contribution in [-0.2, 0) is 6.54 Å². The van der Waals surface area contributed by atoms with Gasteiger partial charge in [0.2, 0.25) is 11.5 Å². The Morgan fingerprint density at radius 1 is 1.25 bits per heavy atom. The molecule has 0 atom stereocenters. The molecule has 0 saturated heterocycles. The lowest BCUT2D eigenvalue weighted by Crippen LogP contribution is -2.23. The van der Waals surface area contributed by atoms with Gasteiger partial charge in [-0.15, -0.1) is 11.3 Å². The van der Waals surface area contributed by atoms with Gasteiger partial charge >= 0.3 is 5.69 Å². The Morgan fingerprint density at radius 3 is 2.46 bits per heavy atom. The quantitative estimate of drug-likeness (QED) is 0.607. The first kappa shape index (κ1) is 17.5. The second-order valence-corrected chi connectivity index (χ2v) is 5.59. The molecule has 2 aromatic rings. The van der Waals surface area contributed by atoms with Crippen molar-refractivity contribution in [3.63, 3.8) is 0 Å². The van der Waals surface area contributed by atoms with Gasteiger partial charge in [0.25, 0.3) is 5.91 Å². The van der Waals surface area contributed by atoms with Gasteiger partial charge in [-0.25, -0.2) is 0 Å². The van der Waals surface area contributed by atoms with Gasteiger partial charge in [0, 0.05) is 10.9 Å². The first-order valence-electron chi connectivity index (χ1n) is 6.81. The van der Waals surface area contributed by atoms with Crippen molar-refractivity contribution in [2.24, 2.45) is 0 Å². The van der Waals surface area contributed by atoms with Crippen LogP contribution in [0.4, 0.5) is 5.69 Å². The summed E-state index contributed by atoms with van der Waals surface area (Å²) in [6.07, 6.45) is 0. The number of benzene rings is 1. The van der Waals surface area contributed by atoms with Gasteiger partial charge in [-0.05, 0) is 11.4 Å². The minimum atomic E-state index is -0.680. The first-order chi connectivity index (χ1) is 11.5. The van der Waals surface area contributed by atoms with Gasteiger partial charge in [-0.3, -0.25) is 14.9 Å². The fourth-order valence-electron chi connectivity index (χ4n) is 2.17. The predicted molar refractivity (Wildman–Crippen MR) is 88.2 cm³/mol. The Labute approximate surface area is 142 Å². The van der Waals surface area contributed by atoms with Gasteiger partial charge in [0.15, 0.2) is 5.75 Å². The Kier molecular flexibility index (Phi) is 5.59. The van der Waals surface area contributed by atoms with Crippen LogP contribution in [-0.4, -0.2) is 32.2 Å². The maximum absolute atomic E-state index is 12.4. The summed E-state index contributed by atoms with van der Waals surface area (Å²) >= 11 is 1.47. The number of rotatable bonds is 7. The molecule has 24 heavy (non-hydrogen) atoms. The van der Waals surface area contributed by atoms with E-state index in [-0.39, 0.29) is 29.4 Å². The summed E-state index contributed by atoms with van der Waals surface area (Å²) in [4.78, 5) is 24.1. The molecule has 0 fully saturated rings. The van der Waals surface area contributed by atoms with Crippen molar-refractivity contribution in [2.45, 2.75) is 6.54 Å².